The number of likely N-dealkylation sites (N-methyl/N-ethyl adjacent to an activating group) is 1. The standard InChI is InChI=1S/C23H37N3O5/c1-7-9-14-24-20(28)19(17-12-10-16(8-2)11-13-17)26(6)21(29)18(15-27)25-22(30)31-23(3,4)5/h10-13,18-19,27H,7-9,14-15H2,1-6H3,(H,24,28)(H,25,30). The van der Waals surface area contributed by atoms with Gasteiger partial charge in [-0.05, 0) is 44.7 Å². The molecule has 0 heterocycles. The van der Waals surface area contributed by atoms with Gasteiger partial charge in [-0.15, -0.1) is 0 Å². The van der Waals surface area contributed by atoms with Crippen molar-refractivity contribution in [2.45, 2.75) is 71.6 Å². The van der Waals surface area contributed by atoms with Gasteiger partial charge in [0.2, 0.25) is 11.8 Å². The number of carbonyl (C=O) groups is 3. The van der Waals surface area contributed by atoms with Crippen LogP contribution in [0.4, 0.5) is 4.79 Å². The summed E-state index contributed by atoms with van der Waals surface area (Å²) in [5.74, 6) is -0.911. The first-order valence-electron chi connectivity index (χ1n) is 10.8. The van der Waals surface area contributed by atoms with Gasteiger partial charge in [-0.1, -0.05) is 44.5 Å². The molecule has 0 aliphatic rings. The first-order valence-corrected chi connectivity index (χ1v) is 10.8. The zero-order valence-electron chi connectivity index (χ0n) is 19.5. The fourth-order valence-corrected chi connectivity index (χ4v) is 2.98. The third kappa shape index (κ3) is 8.57. The minimum Gasteiger partial charge on any atom is -0.444 e. The predicted molar refractivity (Wildman–Crippen MR) is 119 cm³/mol. The number of unbranched alkanes of at least 4 members (excludes halogenated alkanes) is 1. The van der Waals surface area contributed by atoms with Crippen molar-refractivity contribution in [3.63, 3.8) is 0 Å². The topological polar surface area (TPSA) is 108 Å². The van der Waals surface area contributed by atoms with Crippen molar-refractivity contribution in [2.24, 2.45) is 0 Å². The van der Waals surface area contributed by atoms with Crippen molar-refractivity contribution in [2.75, 3.05) is 20.2 Å². The first kappa shape index (κ1) is 26.4. The fourth-order valence-electron chi connectivity index (χ4n) is 2.98. The van der Waals surface area contributed by atoms with Gasteiger partial charge in [-0.2, -0.15) is 0 Å². The maximum Gasteiger partial charge on any atom is 0.408 e. The van der Waals surface area contributed by atoms with E-state index in [1.807, 2.05) is 38.1 Å². The highest BCUT2D eigenvalue weighted by molar-refractivity contribution is 5.92. The van der Waals surface area contributed by atoms with E-state index in [1.165, 1.54) is 11.9 Å². The number of nitrogens with zero attached hydrogens (tertiary/aromatic N) is 1. The van der Waals surface area contributed by atoms with Crippen LogP contribution in [-0.4, -0.2) is 59.8 Å². The number of carbonyl (C=O) groups excluding carboxylic acids is 3. The fraction of sp³-hybridized carbons (Fsp3) is 0.609. The highest BCUT2D eigenvalue weighted by Gasteiger charge is 2.33. The molecule has 1 aromatic rings. The highest BCUT2D eigenvalue weighted by Crippen LogP contribution is 2.22. The van der Waals surface area contributed by atoms with Crippen LogP contribution in [-0.2, 0) is 20.7 Å². The molecule has 31 heavy (non-hydrogen) atoms. The lowest BCUT2D eigenvalue weighted by Gasteiger charge is -2.31. The van der Waals surface area contributed by atoms with Crippen LogP contribution in [0.5, 0.6) is 0 Å². The van der Waals surface area contributed by atoms with Crippen LogP contribution in [0.2, 0.25) is 0 Å². The van der Waals surface area contributed by atoms with Crippen LogP contribution in [0.3, 0.4) is 0 Å². The van der Waals surface area contributed by atoms with E-state index in [1.54, 1.807) is 20.8 Å². The number of rotatable bonds is 10. The number of hydrogen-bond donors (Lipinski definition) is 3. The molecule has 0 saturated heterocycles. The van der Waals surface area contributed by atoms with E-state index in [2.05, 4.69) is 10.6 Å². The van der Waals surface area contributed by atoms with Crippen LogP contribution >= 0.6 is 0 Å². The molecule has 0 aromatic heterocycles. The summed E-state index contributed by atoms with van der Waals surface area (Å²) in [5, 5.41) is 15.0. The second-order valence-corrected chi connectivity index (χ2v) is 8.47. The zero-order valence-corrected chi connectivity index (χ0v) is 19.5. The summed E-state index contributed by atoms with van der Waals surface area (Å²) in [4.78, 5) is 39.4. The van der Waals surface area contributed by atoms with E-state index in [-0.39, 0.29) is 5.91 Å². The number of nitrogens with one attached hydrogen (secondary N) is 2. The predicted octanol–water partition coefficient (Wildman–Crippen LogP) is 2.55. The van der Waals surface area contributed by atoms with Crippen molar-refractivity contribution >= 4 is 17.9 Å². The Kier molecular flexibility index (Phi) is 10.5. The Morgan fingerprint density at radius 2 is 1.74 bits per heavy atom. The van der Waals surface area contributed by atoms with Crippen LogP contribution in [0, 0.1) is 0 Å². The molecule has 0 radical (unpaired) electrons. The third-order valence-corrected chi connectivity index (χ3v) is 4.69. The number of ether oxygens (including phenoxy) is 1. The molecular weight excluding hydrogens is 398 g/mol. The second kappa shape index (κ2) is 12.3. The van der Waals surface area contributed by atoms with E-state index in [0.717, 1.165) is 24.8 Å². The Balaban J connectivity index is 3.09. The molecule has 2 unspecified atom stereocenters. The summed E-state index contributed by atoms with van der Waals surface area (Å²) in [6.07, 6.45) is 1.79. The second-order valence-electron chi connectivity index (χ2n) is 8.47. The molecule has 0 aliphatic heterocycles. The Morgan fingerprint density at radius 1 is 1.13 bits per heavy atom. The van der Waals surface area contributed by atoms with E-state index >= 15 is 0 Å². The molecule has 8 nitrogen and oxygen atoms in total. The van der Waals surface area contributed by atoms with Crippen LogP contribution in [0.15, 0.2) is 24.3 Å². The maximum absolute atomic E-state index is 13.1. The molecule has 0 fully saturated rings. The lowest BCUT2D eigenvalue weighted by Crippen LogP contribution is -2.53. The number of aliphatic hydroxyl groups excluding tert-OH is 1. The highest BCUT2D eigenvalue weighted by atomic mass is 16.6. The summed E-state index contributed by atoms with van der Waals surface area (Å²) in [7, 11) is 1.49. The molecule has 1 rings (SSSR count). The molecule has 3 N–H and O–H groups in total. The molecule has 0 aliphatic carbocycles. The van der Waals surface area contributed by atoms with Gasteiger partial charge < -0.3 is 25.4 Å². The van der Waals surface area contributed by atoms with Crippen LogP contribution < -0.4 is 10.6 Å². The van der Waals surface area contributed by atoms with Gasteiger partial charge in [-0.25, -0.2) is 4.79 Å². The number of aryl methyl sites for hydroxylation is 1. The average molecular weight is 436 g/mol. The SMILES string of the molecule is CCCCNC(=O)C(c1ccc(CC)cc1)N(C)C(=O)C(CO)NC(=O)OC(C)(C)C. The van der Waals surface area contributed by atoms with Gasteiger partial charge in [0.05, 0.1) is 6.61 Å². The lowest BCUT2D eigenvalue weighted by molar-refractivity contribution is -0.141. The van der Waals surface area contributed by atoms with Crippen LogP contribution in [0.25, 0.3) is 0 Å². The van der Waals surface area contributed by atoms with Crippen molar-refractivity contribution in [3.05, 3.63) is 35.4 Å². The molecule has 0 bridgehead atoms. The van der Waals surface area contributed by atoms with Gasteiger partial charge in [0.25, 0.3) is 0 Å². The Morgan fingerprint density at radius 3 is 2.23 bits per heavy atom. The molecular formula is C23H37N3O5. The Labute approximate surface area is 185 Å². The summed E-state index contributed by atoms with van der Waals surface area (Å²) < 4.78 is 5.17. The van der Waals surface area contributed by atoms with Crippen molar-refractivity contribution in [1.82, 2.24) is 15.5 Å². The van der Waals surface area contributed by atoms with E-state index in [4.69, 9.17) is 4.74 Å². The quantitative estimate of drug-likeness (QED) is 0.490. The molecule has 174 valence electrons. The number of benzene rings is 1. The largest absolute Gasteiger partial charge is 0.444 e. The van der Waals surface area contributed by atoms with Gasteiger partial charge in [0, 0.05) is 13.6 Å². The van der Waals surface area contributed by atoms with Crippen molar-refractivity contribution in [3.8, 4) is 0 Å². The average Bonchev–Trinajstić information content (AvgIpc) is 2.71. The molecule has 0 saturated carbocycles. The van der Waals surface area contributed by atoms with Crippen molar-refractivity contribution < 1.29 is 24.2 Å². The monoisotopic (exact) mass is 435 g/mol. The molecule has 8 heteroatoms. The molecule has 3 amide bonds. The normalized spacial score (nSPS) is 13.1. The number of amides is 3. The number of alkyl carbamates (subject to hydrolysis) is 1. The van der Waals surface area contributed by atoms with Gasteiger partial charge in [0.1, 0.15) is 17.7 Å². The third-order valence-electron chi connectivity index (χ3n) is 4.69. The summed E-state index contributed by atoms with van der Waals surface area (Å²) in [6, 6.07) is 5.35. The minimum absolute atomic E-state index is 0.317. The summed E-state index contributed by atoms with van der Waals surface area (Å²) >= 11 is 0. The smallest absolute Gasteiger partial charge is 0.408 e. The number of hydrogen-bond acceptors (Lipinski definition) is 5. The van der Waals surface area contributed by atoms with Crippen LogP contribution in [0.1, 0.15) is 64.6 Å². The first-order chi connectivity index (χ1) is 14.5. The van der Waals surface area contributed by atoms with Gasteiger partial charge in [-0.3, -0.25) is 9.59 Å². The van der Waals surface area contributed by atoms with E-state index < -0.39 is 36.3 Å². The summed E-state index contributed by atoms with van der Waals surface area (Å²) in [6.45, 7) is 9.04. The Hall–Kier alpha value is -2.61. The van der Waals surface area contributed by atoms with E-state index in [9.17, 15) is 19.5 Å². The minimum atomic E-state index is -1.24. The zero-order chi connectivity index (χ0) is 23.6. The maximum atomic E-state index is 13.1. The Bertz CT molecular complexity index is 728. The van der Waals surface area contributed by atoms with Gasteiger partial charge >= 0.3 is 6.09 Å². The lowest BCUT2D eigenvalue weighted by atomic mass is 10.0. The van der Waals surface area contributed by atoms with Crippen molar-refractivity contribution in [1.29, 1.82) is 0 Å². The van der Waals surface area contributed by atoms with E-state index in [0.29, 0.717) is 12.1 Å². The molecule has 1 aromatic carbocycles. The van der Waals surface area contributed by atoms with Gasteiger partial charge in [0.15, 0.2) is 0 Å². The molecule has 0 spiro atoms. The number of aliphatic hydroxyl groups is 1. The molecule has 2 atom stereocenters. The summed E-state index contributed by atoms with van der Waals surface area (Å²) in [5.41, 5.74) is 1.01.